The first kappa shape index (κ1) is 16.5. The molecule has 0 amide bonds. The Morgan fingerprint density at radius 1 is 1.43 bits per heavy atom. The Morgan fingerprint density at radius 3 is 1.57 bits per heavy atom. The van der Waals surface area contributed by atoms with Crippen LogP contribution in [0.15, 0.2) is 0 Å². The van der Waals surface area contributed by atoms with Gasteiger partial charge in [0.25, 0.3) is 0 Å². The average Bonchev–Trinajstić information content (AvgIpc) is 1.38. The number of hydrogen-bond donors (Lipinski definition) is 0. The van der Waals surface area contributed by atoms with Crippen LogP contribution in [0, 0.1) is 35.6 Å². The number of hydrogen-bond acceptors (Lipinski definition) is 3. The van der Waals surface area contributed by atoms with Crippen molar-refractivity contribution in [2.45, 2.75) is 0 Å². The summed E-state index contributed by atoms with van der Waals surface area (Å²) in [6.45, 7) is 0. The second kappa shape index (κ2) is 11.8. The van der Waals surface area contributed by atoms with Crippen molar-refractivity contribution in [1.82, 2.24) is 0 Å². The molecule has 7 heavy (non-hydrogen) atoms. The van der Waals surface area contributed by atoms with Crippen molar-refractivity contribution in [3.8, 4) is 0 Å². The summed E-state index contributed by atoms with van der Waals surface area (Å²) < 4.78 is 3.11. The van der Waals surface area contributed by atoms with E-state index in [1.807, 2.05) is 0 Å². The first-order valence-electron chi connectivity index (χ1n) is 0.861. The van der Waals surface area contributed by atoms with Gasteiger partial charge in [0, 0.05) is 47.5 Å². The minimum atomic E-state index is -2.35. The molecule has 0 rings (SSSR count). The van der Waals surface area contributed by atoms with Crippen LogP contribution >= 0.6 is 11.9 Å². The zero-order valence-corrected chi connectivity index (χ0v) is 12.3. The summed E-state index contributed by atoms with van der Waals surface area (Å²) in [5.41, 5.74) is 0. The van der Waals surface area contributed by atoms with E-state index in [9.17, 15) is 0 Å². The van der Waals surface area contributed by atoms with E-state index in [1.54, 1.807) is 0 Å². The molecule has 0 N–H and O–H groups in total. The third-order valence-corrected chi connectivity index (χ3v) is 0.218. The fourth-order valence-corrected chi connectivity index (χ4v) is 0. The molecule has 0 aromatic rings. The van der Waals surface area contributed by atoms with Gasteiger partial charge in [-0.1, -0.05) is 0 Å². The Hall–Kier alpha value is 3.00. The van der Waals surface area contributed by atoms with E-state index in [-0.39, 0.29) is 84.5 Å². The maximum absolute atomic E-state index is 8.99. The van der Waals surface area contributed by atoms with Crippen molar-refractivity contribution in [1.29, 1.82) is 0 Å². The van der Waals surface area contributed by atoms with Crippen LogP contribution in [-0.4, -0.2) is 56.2 Å². The van der Waals surface area contributed by atoms with Crippen LogP contribution in [0.4, 0.5) is 0 Å². The molecule has 0 spiro atoms. The van der Waals surface area contributed by atoms with Crippen LogP contribution < -0.4 is 10.0 Å². The Morgan fingerprint density at radius 2 is 1.57 bits per heavy atom. The normalized spacial score (nSPS) is 5.57. The molecule has 0 bridgehead atoms. The van der Waals surface area contributed by atoms with Crippen molar-refractivity contribution in [3.05, 3.63) is 0 Å². The molecular formula is BBaClLaO3. The summed E-state index contributed by atoms with van der Waals surface area (Å²) in [7, 11) is -2.35. The fourth-order valence-electron chi connectivity index (χ4n) is 0. The summed E-state index contributed by atoms with van der Waals surface area (Å²) >= 11 is 4.21. The average molecular weight is 370 g/mol. The third-order valence-electron chi connectivity index (χ3n) is 0.0727. The molecule has 33 valence electrons. The van der Waals surface area contributed by atoms with Crippen molar-refractivity contribution in [2.24, 2.45) is 0 Å². The van der Waals surface area contributed by atoms with Gasteiger partial charge in [-0.15, -0.1) is 0 Å². The summed E-state index contributed by atoms with van der Waals surface area (Å²) in [6, 6.07) is 0. The summed E-state index contributed by atoms with van der Waals surface area (Å²) in [5.74, 6) is 0. The van der Waals surface area contributed by atoms with Crippen LogP contribution in [0.2, 0.25) is 0 Å². The molecule has 7 heteroatoms. The van der Waals surface area contributed by atoms with Crippen molar-refractivity contribution in [3.63, 3.8) is 0 Å². The molecule has 0 heterocycles. The van der Waals surface area contributed by atoms with Gasteiger partial charge >= 0.3 is 48.9 Å². The van der Waals surface area contributed by atoms with E-state index in [4.69, 9.17) is 10.0 Å². The van der Waals surface area contributed by atoms with Crippen molar-refractivity contribution < 1.29 is 49.9 Å². The number of halogens is 1. The van der Waals surface area contributed by atoms with Gasteiger partial charge in [0.05, 0.1) is 7.32 Å². The first-order chi connectivity index (χ1) is 2.27. The molecular weight excluding hydrogens is 370 g/mol. The zero-order chi connectivity index (χ0) is 4.28. The van der Waals surface area contributed by atoms with Crippen LogP contribution in [0.25, 0.3) is 0 Å². The predicted octanol–water partition coefficient (Wildman–Crippen LogP) is -2.52. The SMILES string of the molecule is [Ba+2].[La].[O-]B([O-])OCl. The number of rotatable bonds is 1. The van der Waals surface area contributed by atoms with E-state index in [0.717, 1.165) is 0 Å². The third kappa shape index (κ3) is 17.6. The quantitative estimate of drug-likeness (QED) is 0.479. The van der Waals surface area contributed by atoms with E-state index >= 15 is 0 Å². The molecule has 0 aliphatic heterocycles. The van der Waals surface area contributed by atoms with Gasteiger partial charge in [-0.05, 0) is 0 Å². The molecule has 0 aromatic carbocycles. The second-order valence-corrected chi connectivity index (χ2v) is 0.556. The van der Waals surface area contributed by atoms with Gasteiger partial charge < -0.3 is 14.3 Å². The Kier molecular flexibility index (Phi) is 27.8. The van der Waals surface area contributed by atoms with Crippen molar-refractivity contribution in [2.75, 3.05) is 0 Å². The summed E-state index contributed by atoms with van der Waals surface area (Å²) in [6.07, 6.45) is 0. The van der Waals surface area contributed by atoms with Gasteiger partial charge in [-0.2, -0.15) is 0 Å². The monoisotopic (exact) mass is 371 g/mol. The van der Waals surface area contributed by atoms with Gasteiger partial charge in [-0.3, -0.25) is 0 Å². The smallest absolute Gasteiger partial charge is 0.869 e. The van der Waals surface area contributed by atoms with Crippen LogP contribution in [0.3, 0.4) is 0 Å². The molecule has 0 aliphatic rings. The molecule has 0 saturated carbocycles. The minimum absolute atomic E-state index is 0. The van der Waals surface area contributed by atoms with Gasteiger partial charge in [0.1, 0.15) is 0 Å². The molecule has 0 fully saturated rings. The predicted molar refractivity (Wildman–Crippen MR) is 18.4 cm³/mol. The topological polar surface area (TPSA) is 55.3 Å². The van der Waals surface area contributed by atoms with Gasteiger partial charge in [-0.25, -0.2) is 0 Å². The van der Waals surface area contributed by atoms with Crippen LogP contribution in [0.5, 0.6) is 0 Å². The van der Waals surface area contributed by atoms with Crippen LogP contribution in [-0.2, 0) is 4.21 Å². The molecule has 1 radical (unpaired) electrons. The van der Waals surface area contributed by atoms with Crippen molar-refractivity contribution >= 4 is 68.1 Å². The zero-order valence-electron chi connectivity index (χ0n) is 3.46. The molecule has 0 aromatic heterocycles. The maximum Gasteiger partial charge on any atom is 2.00 e. The van der Waals surface area contributed by atoms with E-state index in [0.29, 0.717) is 0 Å². The molecule has 3 nitrogen and oxygen atoms in total. The maximum atomic E-state index is 8.99. The standard InChI is InChI=1S/BClO3.Ba.La/c2-5-1(3)4;;/q-2;+2;. The Labute approximate surface area is 115 Å². The van der Waals surface area contributed by atoms with E-state index in [2.05, 4.69) is 16.1 Å². The fraction of sp³-hybridized carbons (Fsp3) is 0. The van der Waals surface area contributed by atoms with Gasteiger partial charge in [0.2, 0.25) is 0 Å². The second-order valence-electron chi connectivity index (χ2n) is 0.378. The molecule has 0 aliphatic carbocycles. The largest absolute Gasteiger partial charge is 2.00 e. The van der Waals surface area contributed by atoms with Gasteiger partial charge in [0.15, 0.2) is 0 Å². The molecule has 0 unspecified atom stereocenters. The summed E-state index contributed by atoms with van der Waals surface area (Å²) in [5, 5.41) is 18.0. The van der Waals surface area contributed by atoms with Crippen LogP contribution in [0.1, 0.15) is 0 Å². The summed E-state index contributed by atoms with van der Waals surface area (Å²) in [4.78, 5) is 0. The first-order valence-corrected chi connectivity index (χ1v) is 1.17. The van der Waals surface area contributed by atoms with E-state index in [1.165, 1.54) is 0 Å². The Balaban J connectivity index is -0.0000000800. The molecule has 0 atom stereocenters. The minimum Gasteiger partial charge on any atom is -0.869 e. The van der Waals surface area contributed by atoms with E-state index < -0.39 is 7.32 Å². The molecule has 0 saturated heterocycles. The Bertz CT molecular complexity index is 28.9.